The van der Waals surface area contributed by atoms with Crippen LogP contribution in [0.4, 0.5) is 11.4 Å². The predicted octanol–water partition coefficient (Wildman–Crippen LogP) is 2.23. The molecule has 0 amide bonds. The smallest absolute Gasteiger partial charge is 0.261 e. The molecule has 7 heteroatoms. The third kappa shape index (κ3) is 2.80. The lowest BCUT2D eigenvalue weighted by Crippen LogP contribution is -2.13. The maximum Gasteiger partial charge on any atom is 0.261 e. The molecule has 0 unspecified atom stereocenters. The zero-order chi connectivity index (χ0) is 13.2. The topological polar surface area (TPSA) is 85.1 Å². The third-order valence-electron chi connectivity index (χ3n) is 2.21. The van der Waals surface area contributed by atoms with Crippen molar-refractivity contribution in [3.63, 3.8) is 0 Å². The fraction of sp³-hybridized carbons (Fsp3) is 0. The van der Waals surface area contributed by atoms with Crippen molar-refractivity contribution in [1.82, 2.24) is 4.98 Å². The zero-order valence-electron chi connectivity index (χ0n) is 9.17. The van der Waals surface area contributed by atoms with E-state index in [0.29, 0.717) is 15.8 Å². The van der Waals surface area contributed by atoms with Crippen LogP contribution in [0.5, 0.6) is 0 Å². The van der Waals surface area contributed by atoms with Gasteiger partial charge in [0.2, 0.25) is 0 Å². The van der Waals surface area contributed by atoms with Gasteiger partial charge in [0.1, 0.15) is 0 Å². The number of nitrogens with one attached hydrogen (secondary N) is 1. The average Bonchev–Trinajstić information content (AvgIpc) is 2.33. The number of halogens is 1. The van der Waals surface area contributed by atoms with Gasteiger partial charge in [0.15, 0.2) is 0 Å². The van der Waals surface area contributed by atoms with E-state index in [1.807, 2.05) is 0 Å². The minimum absolute atomic E-state index is 0.139. The second-order valence-corrected chi connectivity index (χ2v) is 6.06. The molecule has 0 fully saturated rings. The summed E-state index contributed by atoms with van der Waals surface area (Å²) in [4.78, 5) is 3.95. The predicted molar refractivity (Wildman–Crippen MR) is 73.6 cm³/mol. The van der Waals surface area contributed by atoms with E-state index in [4.69, 9.17) is 5.73 Å². The molecular formula is C11H10BrN3O2S. The first-order chi connectivity index (χ1) is 8.49. The van der Waals surface area contributed by atoms with Crippen LogP contribution in [0.1, 0.15) is 0 Å². The number of nitrogens with two attached hydrogens (primary N) is 1. The Balaban J connectivity index is 2.34. The molecule has 94 valence electrons. The standard InChI is InChI=1S/C11H10BrN3O2S/c12-10-7-9(1-2-11(10)13)18(16,17)15-8-3-5-14-6-4-8/h1-7H,13H2,(H,14,15). The Kier molecular flexibility index (Phi) is 3.53. The van der Waals surface area contributed by atoms with Gasteiger partial charge in [0.05, 0.1) is 10.6 Å². The molecule has 0 aliphatic heterocycles. The van der Waals surface area contributed by atoms with Crippen molar-refractivity contribution in [2.45, 2.75) is 4.90 Å². The first-order valence-corrected chi connectivity index (χ1v) is 7.24. The Morgan fingerprint density at radius 2 is 1.83 bits per heavy atom. The van der Waals surface area contributed by atoms with Gasteiger partial charge < -0.3 is 5.73 Å². The summed E-state index contributed by atoms with van der Waals surface area (Å²) in [7, 11) is -3.62. The normalized spacial score (nSPS) is 11.2. The van der Waals surface area contributed by atoms with Gasteiger partial charge in [0, 0.05) is 22.6 Å². The minimum Gasteiger partial charge on any atom is -0.398 e. The number of anilines is 2. The molecule has 1 heterocycles. The Labute approximate surface area is 113 Å². The first-order valence-electron chi connectivity index (χ1n) is 4.97. The molecule has 0 aliphatic rings. The summed E-state index contributed by atoms with van der Waals surface area (Å²) in [5.74, 6) is 0. The van der Waals surface area contributed by atoms with Gasteiger partial charge >= 0.3 is 0 Å². The molecule has 3 N–H and O–H groups in total. The number of pyridine rings is 1. The Morgan fingerprint density at radius 1 is 1.17 bits per heavy atom. The fourth-order valence-corrected chi connectivity index (χ4v) is 2.92. The highest BCUT2D eigenvalue weighted by Gasteiger charge is 2.15. The molecule has 1 aromatic carbocycles. The molecule has 2 rings (SSSR count). The lowest BCUT2D eigenvalue weighted by molar-refractivity contribution is 0.601. The quantitative estimate of drug-likeness (QED) is 0.846. The molecule has 2 aromatic rings. The van der Waals surface area contributed by atoms with Crippen LogP contribution in [0.25, 0.3) is 0 Å². The van der Waals surface area contributed by atoms with Crippen molar-refractivity contribution < 1.29 is 8.42 Å². The Morgan fingerprint density at radius 3 is 2.44 bits per heavy atom. The molecule has 0 bridgehead atoms. The molecule has 5 nitrogen and oxygen atoms in total. The van der Waals surface area contributed by atoms with E-state index in [9.17, 15) is 8.42 Å². The number of hydrogen-bond acceptors (Lipinski definition) is 4. The monoisotopic (exact) mass is 327 g/mol. The minimum atomic E-state index is -3.62. The zero-order valence-corrected chi connectivity index (χ0v) is 11.6. The van der Waals surface area contributed by atoms with Gasteiger partial charge in [-0.2, -0.15) is 0 Å². The summed E-state index contributed by atoms with van der Waals surface area (Å²) in [6.45, 7) is 0. The number of aromatic nitrogens is 1. The highest BCUT2D eigenvalue weighted by atomic mass is 79.9. The van der Waals surface area contributed by atoms with Crippen molar-refractivity contribution >= 4 is 37.3 Å². The second-order valence-electron chi connectivity index (χ2n) is 3.52. The molecule has 0 radical (unpaired) electrons. The van der Waals surface area contributed by atoms with Gasteiger partial charge in [-0.3, -0.25) is 9.71 Å². The lowest BCUT2D eigenvalue weighted by Gasteiger charge is -2.08. The van der Waals surface area contributed by atoms with Gasteiger partial charge in [-0.15, -0.1) is 0 Å². The summed E-state index contributed by atoms with van der Waals surface area (Å²) in [6.07, 6.45) is 3.02. The molecule has 0 saturated heterocycles. The summed E-state index contributed by atoms with van der Waals surface area (Å²) >= 11 is 3.20. The van der Waals surface area contributed by atoms with Crippen molar-refractivity contribution in [3.05, 3.63) is 47.2 Å². The summed E-state index contributed by atoms with van der Waals surface area (Å²) < 4.78 is 27.1. The van der Waals surface area contributed by atoms with Crippen LogP contribution in [0, 0.1) is 0 Å². The highest BCUT2D eigenvalue weighted by molar-refractivity contribution is 9.10. The van der Waals surface area contributed by atoms with Crippen molar-refractivity contribution in [2.24, 2.45) is 0 Å². The molecule has 0 aliphatic carbocycles. The van der Waals surface area contributed by atoms with Crippen LogP contribution in [0.3, 0.4) is 0 Å². The third-order valence-corrected chi connectivity index (χ3v) is 4.28. The lowest BCUT2D eigenvalue weighted by atomic mass is 10.3. The largest absolute Gasteiger partial charge is 0.398 e. The molecule has 0 spiro atoms. The van der Waals surface area contributed by atoms with Gasteiger partial charge in [-0.1, -0.05) is 0 Å². The van der Waals surface area contributed by atoms with E-state index in [-0.39, 0.29) is 4.90 Å². The van der Waals surface area contributed by atoms with Crippen LogP contribution in [0.15, 0.2) is 52.1 Å². The van der Waals surface area contributed by atoms with Crippen LogP contribution < -0.4 is 10.5 Å². The summed E-state index contributed by atoms with van der Waals surface area (Å²) in [5.41, 5.74) is 6.55. The maximum absolute atomic E-state index is 12.1. The number of nitrogens with zero attached hydrogens (tertiary/aromatic N) is 1. The van der Waals surface area contributed by atoms with Gasteiger partial charge in [-0.05, 0) is 46.3 Å². The van der Waals surface area contributed by atoms with E-state index in [1.54, 1.807) is 12.1 Å². The van der Waals surface area contributed by atoms with E-state index < -0.39 is 10.0 Å². The van der Waals surface area contributed by atoms with E-state index >= 15 is 0 Å². The molecule has 0 atom stereocenters. The number of rotatable bonds is 3. The molecule has 18 heavy (non-hydrogen) atoms. The number of benzene rings is 1. The fourth-order valence-electron chi connectivity index (χ4n) is 1.31. The SMILES string of the molecule is Nc1ccc(S(=O)(=O)Nc2ccncc2)cc1Br. The molecule has 1 aromatic heterocycles. The maximum atomic E-state index is 12.1. The summed E-state index contributed by atoms with van der Waals surface area (Å²) in [6, 6.07) is 7.58. The van der Waals surface area contributed by atoms with Crippen LogP contribution in [-0.4, -0.2) is 13.4 Å². The number of sulfonamides is 1. The van der Waals surface area contributed by atoms with Crippen molar-refractivity contribution in [2.75, 3.05) is 10.5 Å². The van der Waals surface area contributed by atoms with Crippen LogP contribution in [0.2, 0.25) is 0 Å². The highest BCUT2D eigenvalue weighted by Crippen LogP contribution is 2.24. The molecule has 0 saturated carbocycles. The summed E-state index contributed by atoms with van der Waals surface area (Å²) in [5, 5.41) is 0. The number of hydrogen-bond donors (Lipinski definition) is 2. The average molecular weight is 328 g/mol. The van der Waals surface area contributed by atoms with E-state index in [0.717, 1.165) is 0 Å². The van der Waals surface area contributed by atoms with Crippen LogP contribution >= 0.6 is 15.9 Å². The van der Waals surface area contributed by atoms with Gasteiger partial charge in [0.25, 0.3) is 10.0 Å². The van der Waals surface area contributed by atoms with E-state index in [1.165, 1.54) is 30.6 Å². The van der Waals surface area contributed by atoms with Crippen LogP contribution in [-0.2, 0) is 10.0 Å². The van der Waals surface area contributed by atoms with Crippen molar-refractivity contribution in [1.29, 1.82) is 0 Å². The van der Waals surface area contributed by atoms with E-state index in [2.05, 4.69) is 25.6 Å². The molecular weight excluding hydrogens is 318 g/mol. The van der Waals surface area contributed by atoms with Crippen molar-refractivity contribution in [3.8, 4) is 0 Å². The Hall–Kier alpha value is -1.60. The Bertz CT molecular complexity index is 659. The number of nitrogen functional groups attached to an aromatic ring is 1. The van der Waals surface area contributed by atoms with Gasteiger partial charge in [-0.25, -0.2) is 8.42 Å². The second kappa shape index (κ2) is 4.95. The first kappa shape index (κ1) is 12.8.